The zero-order valence-corrected chi connectivity index (χ0v) is 15.1. The molecule has 3 fully saturated rings. The Morgan fingerprint density at radius 2 is 1.77 bits per heavy atom. The molecular formula is C19H25BrO2. The van der Waals surface area contributed by atoms with Crippen molar-refractivity contribution in [3.8, 4) is 0 Å². The molecule has 4 rings (SSSR count). The minimum absolute atomic E-state index is 0.0596. The summed E-state index contributed by atoms with van der Waals surface area (Å²) in [5, 5.41) is 0. The number of allylic oxidation sites excluding steroid dienone is 1. The minimum atomic E-state index is -0.0596. The van der Waals surface area contributed by atoms with E-state index >= 15 is 0 Å². The van der Waals surface area contributed by atoms with Crippen molar-refractivity contribution in [3.05, 3.63) is 11.6 Å². The summed E-state index contributed by atoms with van der Waals surface area (Å²) in [5.74, 6) is 2.67. The summed E-state index contributed by atoms with van der Waals surface area (Å²) in [6.07, 6.45) is 8.83. The maximum atomic E-state index is 12.4. The van der Waals surface area contributed by atoms with Crippen molar-refractivity contribution in [1.82, 2.24) is 0 Å². The maximum absolute atomic E-state index is 12.4. The number of carbonyl (C=O) groups excluding carboxylic acids is 2. The molecule has 0 saturated heterocycles. The second-order valence-corrected chi connectivity index (χ2v) is 9.59. The second-order valence-electron chi connectivity index (χ2n) is 8.48. The van der Waals surface area contributed by atoms with Crippen LogP contribution < -0.4 is 0 Å². The van der Waals surface area contributed by atoms with Crippen molar-refractivity contribution in [1.29, 1.82) is 0 Å². The van der Waals surface area contributed by atoms with E-state index in [4.69, 9.17) is 0 Å². The van der Waals surface area contributed by atoms with Crippen molar-refractivity contribution in [2.24, 2.45) is 28.6 Å². The maximum Gasteiger partial charge on any atom is 0.155 e. The standard InChI is InChI=1S/C19H25BrO2/c1-18-7-5-11(21)9-15(18)16(20)10-12-13-3-4-17(22)19(13,2)8-6-14(12)18/h9,12-14,16H,3-8,10H2,1-2H3/t12?,13?,14?,16?,18-,19+/m1/s1. The van der Waals surface area contributed by atoms with E-state index in [0.717, 1.165) is 38.5 Å². The number of hydrogen-bond donors (Lipinski definition) is 0. The van der Waals surface area contributed by atoms with Gasteiger partial charge in [-0.3, -0.25) is 9.59 Å². The van der Waals surface area contributed by atoms with E-state index in [2.05, 4.69) is 29.8 Å². The Hall–Kier alpha value is -0.440. The summed E-state index contributed by atoms with van der Waals surface area (Å²) in [4.78, 5) is 24.6. The highest BCUT2D eigenvalue weighted by atomic mass is 79.9. The first kappa shape index (κ1) is 15.1. The minimum Gasteiger partial charge on any atom is -0.299 e. The van der Waals surface area contributed by atoms with Gasteiger partial charge in [0.05, 0.1) is 0 Å². The van der Waals surface area contributed by atoms with Gasteiger partial charge in [-0.05, 0) is 66.9 Å². The predicted octanol–water partition coefficient (Wildman–Crippen LogP) is 4.46. The number of carbonyl (C=O) groups is 2. The third-order valence-electron chi connectivity index (χ3n) is 7.65. The van der Waals surface area contributed by atoms with Gasteiger partial charge in [0.25, 0.3) is 0 Å². The first-order valence-electron chi connectivity index (χ1n) is 8.78. The molecule has 0 aliphatic heterocycles. The van der Waals surface area contributed by atoms with Gasteiger partial charge in [0, 0.05) is 23.1 Å². The quantitative estimate of drug-likeness (QED) is 0.594. The van der Waals surface area contributed by atoms with Crippen molar-refractivity contribution >= 4 is 27.5 Å². The van der Waals surface area contributed by atoms with E-state index in [9.17, 15) is 9.59 Å². The summed E-state index contributed by atoms with van der Waals surface area (Å²) in [7, 11) is 0. The van der Waals surface area contributed by atoms with Crippen molar-refractivity contribution < 1.29 is 9.59 Å². The second kappa shape index (κ2) is 4.78. The van der Waals surface area contributed by atoms with Crippen molar-refractivity contribution in [2.45, 2.75) is 63.6 Å². The lowest BCUT2D eigenvalue weighted by Crippen LogP contribution is -2.53. The molecule has 6 atom stereocenters. The number of rotatable bonds is 0. The van der Waals surface area contributed by atoms with Gasteiger partial charge in [-0.1, -0.05) is 29.8 Å². The van der Waals surface area contributed by atoms with Crippen LogP contribution in [0.2, 0.25) is 0 Å². The normalized spacial score (nSPS) is 51.0. The van der Waals surface area contributed by atoms with E-state index < -0.39 is 0 Å². The van der Waals surface area contributed by atoms with Crippen LogP contribution in [-0.4, -0.2) is 16.4 Å². The van der Waals surface area contributed by atoms with E-state index in [1.54, 1.807) is 0 Å². The lowest BCUT2D eigenvalue weighted by atomic mass is 9.47. The highest BCUT2D eigenvalue weighted by Gasteiger charge is 2.60. The number of ketones is 2. The molecule has 0 bridgehead atoms. The Labute approximate surface area is 141 Å². The third-order valence-corrected chi connectivity index (χ3v) is 8.51. The van der Waals surface area contributed by atoms with E-state index in [0.29, 0.717) is 40.6 Å². The summed E-state index contributed by atoms with van der Waals surface area (Å²) >= 11 is 3.88. The van der Waals surface area contributed by atoms with Gasteiger partial charge in [0.2, 0.25) is 0 Å². The number of alkyl halides is 1. The fraction of sp³-hybridized carbons (Fsp3) is 0.789. The summed E-state index contributed by atoms with van der Waals surface area (Å²) in [5.41, 5.74) is 1.45. The van der Waals surface area contributed by atoms with Gasteiger partial charge in [-0.25, -0.2) is 0 Å². The van der Waals surface area contributed by atoms with Crippen molar-refractivity contribution in [2.75, 3.05) is 0 Å². The van der Waals surface area contributed by atoms with Crippen LogP contribution in [0.3, 0.4) is 0 Å². The fourth-order valence-electron chi connectivity index (χ4n) is 6.33. The Morgan fingerprint density at radius 1 is 1.05 bits per heavy atom. The number of Topliss-reactive ketones (excluding diaryl/α,β-unsaturated/α-hetero) is 1. The lowest BCUT2D eigenvalue weighted by molar-refractivity contribution is -0.132. The molecule has 0 spiro atoms. The van der Waals surface area contributed by atoms with Gasteiger partial charge in [0.1, 0.15) is 5.78 Å². The number of fused-ring (bicyclic) bond motifs is 5. The average molecular weight is 365 g/mol. The molecule has 0 radical (unpaired) electrons. The Bertz CT molecular complexity index is 580. The zero-order valence-electron chi connectivity index (χ0n) is 13.5. The lowest BCUT2D eigenvalue weighted by Gasteiger charge is -2.58. The smallest absolute Gasteiger partial charge is 0.155 e. The van der Waals surface area contributed by atoms with Crippen LogP contribution in [-0.2, 0) is 9.59 Å². The van der Waals surface area contributed by atoms with E-state index in [1.165, 1.54) is 5.57 Å². The molecule has 3 heteroatoms. The first-order chi connectivity index (χ1) is 10.4. The molecule has 0 aromatic rings. The molecule has 0 aromatic heterocycles. The van der Waals surface area contributed by atoms with Crippen LogP contribution in [0.15, 0.2) is 11.6 Å². The molecule has 4 aliphatic carbocycles. The van der Waals surface area contributed by atoms with Gasteiger partial charge < -0.3 is 0 Å². The summed E-state index contributed by atoms with van der Waals surface area (Å²) < 4.78 is 0. The molecule has 3 saturated carbocycles. The number of halogens is 1. The van der Waals surface area contributed by atoms with Crippen LogP contribution in [0.5, 0.6) is 0 Å². The first-order valence-corrected chi connectivity index (χ1v) is 9.70. The van der Waals surface area contributed by atoms with Crippen LogP contribution in [0, 0.1) is 28.6 Å². The SMILES string of the molecule is C[C@]12CCC(=O)C=C1C(Br)CC1C2CC[C@]2(C)C(=O)CCC12. The zero-order chi connectivity index (χ0) is 15.7. The van der Waals surface area contributed by atoms with Crippen LogP contribution in [0.1, 0.15) is 58.8 Å². The average Bonchev–Trinajstić information content (AvgIpc) is 2.77. The highest BCUT2D eigenvalue weighted by molar-refractivity contribution is 9.09. The molecule has 120 valence electrons. The highest BCUT2D eigenvalue weighted by Crippen LogP contribution is 2.65. The predicted molar refractivity (Wildman–Crippen MR) is 89.8 cm³/mol. The molecule has 4 aliphatic rings. The molecular weight excluding hydrogens is 340 g/mol. The Morgan fingerprint density at radius 3 is 2.55 bits per heavy atom. The largest absolute Gasteiger partial charge is 0.299 e. The molecule has 0 amide bonds. The van der Waals surface area contributed by atoms with E-state index in [-0.39, 0.29) is 10.8 Å². The van der Waals surface area contributed by atoms with Crippen LogP contribution >= 0.6 is 15.9 Å². The van der Waals surface area contributed by atoms with Gasteiger partial charge >= 0.3 is 0 Å². The monoisotopic (exact) mass is 364 g/mol. The summed E-state index contributed by atoms with van der Waals surface area (Å²) in [6, 6.07) is 0. The van der Waals surface area contributed by atoms with Gasteiger partial charge in [-0.2, -0.15) is 0 Å². The molecule has 0 heterocycles. The van der Waals surface area contributed by atoms with E-state index in [1.807, 2.05) is 6.08 Å². The van der Waals surface area contributed by atoms with Crippen LogP contribution in [0.4, 0.5) is 0 Å². The third kappa shape index (κ3) is 1.84. The number of hydrogen-bond acceptors (Lipinski definition) is 2. The van der Waals surface area contributed by atoms with Crippen LogP contribution in [0.25, 0.3) is 0 Å². The molecule has 4 unspecified atom stereocenters. The van der Waals surface area contributed by atoms with Gasteiger partial charge in [-0.15, -0.1) is 0 Å². The van der Waals surface area contributed by atoms with Crippen molar-refractivity contribution in [3.63, 3.8) is 0 Å². The molecule has 0 aromatic carbocycles. The topological polar surface area (TPSA) is 34.1 Å². The Kier molecular flexibility index (Phi) is 3.28. The fourth-order valence-corrected chi connectivity index (χ4v) is 7.42. The molecule has 0 N–H and O–H groups in total. The molecule has 2 nitrogen and oxygen atoms in total. The summed E-state index contributed by atoms with van der Waals surface area (Å²) in [6.45, 7) is 4.61. The Balaban J connectivity index is 1.74. The molecule has 22 heavy (non-hydrogen) atoms. The van der Waals surface area contributed by atoms with Gasteiger partial charge in [0.15, 0.2) is 5.78 Å².